The maximum absolute atomic E-state index is 14.6. The summed E-state index contributed by atoms with van der Waals surface area (Å²) in [5.74, 6) is -36.2. The quantitative estimate of drug-likeness (QED) is 0.0491. The van der Waals surface area contributed by atoms with Gasteiger partial charge in [-0.2, -0.15) is 0 Å². The Balaban J connectivity index is 1.29. The maximum atomic E-state index is 14.6. The van der Waals surface area contributed by atoms with Gasteiger partial charge in [-0.15, -0.1) is 0 Å². The van der Waals surface area contributed by atoms with Crippen molar-refractivity contribution in [2.24, 2.45) is 0 Å². The minimum Gasteiger partial charge on any atom is -0.504 e. The number of benzene rings is 4. The van der Waals surface area contributed by atoms with Crippen LogP contribution in [0, 0.1) is 0 Å². The molecule has 68 heavy (non-hydrogen) atoms. The molecule has 27 nitrogen and oxygen atoms in total. The van der Waals surface area contributed by atoms with E-state index in [9.17, 15) is 100 Å². The zero-order valence-corrected chi connectivity index (χ0v) is 33.2. The molecule has 14 N–H and O–H groups in total. The van der Waals surface area contributed by atoms with Crippen LogP contribution in [-0.2, 0) is 38.0 Å². The minimum atomic E-state index is -3.96. The Bertz CT molecular complexity index is 3020. The molecule has 1 aliphatic carbocycles. The molecule has 4 aromatic carbocycles. The largest absolute Gasteiger partial charge is 0.504 e. The van der Waals surface area contributed by atoms with Crippen molar-refractivity contribution >= 4 is 35.6 Å². The van der Waals surface area contributed by atoms with Crippen molar-refractivity contribution in [2.45, 2.75) is 48.2 Å². The monoisotopic (exact) mass is 952 g/mol. The fourth-order valence-corrected chi connectivity index (χ4v) is 8.22. The van der Waals surface area contributed by atoms with Crippen molar-refractivity contribution in [3.63, 3.8) is 0 Å². The molecule has 0 radical (unpaired) electrons. The predicted octanol–water partition coefficient (Wildman–Crippen LogP) is -1.10. The summed E-state index contributed by atoms with van der Waals surface area (Å²) in [6.45, 7) is -1.31. The Hall–Kier alpha value is -8.92. The van der Waals surface area contributed by atoms with Crippen molar-refractivity contribution in [3.8, 4) is 80.1 Å². The van der Waals surface area contributed by atoms with Crippen molar-refractivity contribution in [3.05, 3.63) is 69.8 Å². The normalized spacial score (nSPS) is 25.7. The number of carbonyl (C=O) groups excluding carboxylic acids is 6. The molecule has 1 fully saturated rings. The van der Waals surface area contributed by atoms with Crippen LogP contribution < -0.4 is 4.74 Å². The highest BCUT2D eigenvalue weighted by atomic mass is 16.8. The molecule has 1 saturated heterocycles. The molecule has 7 atom stereocenters. The van der Waals surface area contributed by atoms with Gasteiger partial charge in [-0.25, -0.2) is 24.0 Å². The number of rotatable bonds is 2. The van der Waals surface area contributed by atoms with Crippen LogP contribution in [0.3, 0.4) is 0 Å². The summed E-state index contributed by atoms with van der Waals surface area (Å²) in [5.41, 5.74) is -8.15. The number of aromatic hydroxyl groups is 11. The van der Waals surface area contributed by atoms with Gasteiger partial charge in [-0.1, -0.05) is 0 Å². The molecule has 0 spiro atoms. The number of ether oxygens (including phenoxy) is 7. The van der Waals surface area contributed by atoms with Gasteiger partial charge in [0.2, 0.25) is 35.4 Å². The smallest absolute Gasteiger partial charge is 0.342 e. The molecule has 0 saturated carbocycles. The third-order valence-electron chi connectivity index (χ3n) is 11.5. The summed E-state index contributed by atoms with van der Waals surface area (Å²) in [7, 11) is 0. The number of cyclic esters (lactones) is 1. The molecule has 354 valence electrons. The first-order chi connectivity index (χ1) is 31.9. The first-order valence-corrected chi connectivity index (χ1v) is 19.1. The molecule has 6 bridgehead atoms. The summed E-state index contributed by atoms with van der Waals surface area (Å²) < 4.78 is 38.9. The van der Waals surface area contributed by atoms with Gasteiger partial charge in [-0.05, 0) is 36.4 Å². The molecule has 5 aliphatic rings. The summed E-state index contributed by atoms with van der Waals surface area (Å²) in [6, 6.07) is 2.49. The van der Waals surface area contributed by atoms with Crippen molar-refractivity contribution < 1.29 is 133 Å². The third-order valence-corrected chi connectivity index (χ3v) is 11.5. The van der Waals surface area contributed by atoms with Crippen LogP contribution in [0.25, 0.3) is 11.1 Å². The molecule has 7 unspecified atom stereocenters. The lowest BCUT2D eigenvalue weighted by Crippen LogP contribution is -2.66. The van der Waals surface area contributed by atoms with Gasteiger partial charge in [0.25, 0.3) is 11.6 Å². The third kappa shape index (κ3) is 6.21. The molecule has 0 aromatic heterocycles. The number of ketones is 1. The average molecular weight is 953 g/mol. The highest BCUT2D eigenvalue weighted by Gasteiger charge is 2.70. The fourth-order valence-electron chi connectivity index (χ4n) is 8.22. The Morgan fingerprint density at radius 3 is 1.71 bits per heavy atom. The maximum Gasteiger partial charge on any atom is 0.342 e. The van der Waals surface area contributed by atoms with Crippen LogP contribution in [0.15, 0.2) is 42.0 Å². The Morgan fingerprint density at radius 1 is 0.574 bits per heavy atom. The van der Waals surface area contributed by atoms with Crippen LogP contribution in [0.4, 0.5) is 0 Å². The zero-order valence-electron chi connectivity index (χ0n) is 33.2. The molecular weight excluding hydrogens is 924 g/mol. The zero-order chi connectivity index (χ0) is 49.4. The number of hydrogen-bond acceptors (Lipinski definition) is 27. The SMILES string of the molecule is O=C1OC2C3COC(=O)c4cc(O)c(O)c(O)c4-c4c(cc(O)c(O)c4O)C(=O)OC2C(OC(=O)c2cc4c(c(O)c2O)OC2(O)C4C1=CC(=O)C2(O)O)C(OC(=O)c1cc(O)c(O)c(O)c1)O3. The lowest BCUT2D eigenvalue weighted by molar-refractivity contribution is -0.323. The van der Waals surface area contributed by atoms with E-state index in [2.05, 4.69) is 0 Å². The standard InChI is InChI=1S/C41H28O27/c42-14-1-8(2-15(43)24(14)48)34(54)67-39-33-32-31(64-37(57)12-6-19(46)40(59,60)41(61)22(12)11-3-13(38(58)66-33)23(47)29(53)30(11)68-41)18(63-39)7-62-35(55)9-4-16(44)25(49)27(51)20(9)21-10(36(56)65-32)5-17(45)26(50)28(21)52/h1-6,18,22,31-33,39,42-45,47-53,59-61H,7H2. The summed E-state index contributed by atoms with van der Waals surface area (Å²) >= 11 is 0. The topological polar surface area (TPSA) is 450 Å². The van der Waals surface area contributed by atoms with Gasteiger partial charge >= 0.3 is 29.8 Å². The predicted molar refractivity (Wildman–Crippen MR) is 204 cm³/mol. The molecule has 9 rings (SSSR count). The number of carbonyl (C=O) groups is 6. The second kappa shape index (κ2) is 14.8. The number of phenols is 11. The van der Waals surface area contributed by atoms with E-state index in [4.69, 9.17) is 33.2 Å². The van der Waals surface area contributed by atoms with Crippen LogP contribution in [0.1, 0.15) is 52.9 Å². The van der Waals surface area contributed by atoms with Crippen LogP contribution >= 0.6 is 0 Å². The van der Waals surface area contributed by atoms with E-state index in [1.807, 2.05) is 0 Å². The highest BCUT2D eigenvalue weighted by molar-refractivity contribution is 6.09. The van der Waals surface area contributed by atoms with Crippen LogP contribution in [0.2, 0.25) is 0 Å². The summed E-state index contributed by atoms with van der Waals surface area (Å²) in [5, 5.41) is 150. The van der Waals surface area contributed by atoms with Crippen LogP contribution in [-0.4, -0.2) is 156 Å². The molecular formula is C41H28O27. The van der Waals surface area contributed by atoms with Gasteiger partial charge in [0, 0.05) is 16.7 Å². The van der Waals surface area contributed by atoms with E-state index >= 15 is 0 Å². The number of esters is 5. The van der Waals surface area contributed by atoms with E-state index in [1.54, 1.807) is 0 Å². The van der Waals surface area contributed by atoms with Crippen molar-refractivity contribution in [2.75, 3.05) is 6.61 Å². The van der Waals surface area contributed by atoms with E-state index in [0.717, 1.165) is 0 Å². The minimum absolute atomic E-state index is 0.232. The van der Waals surface area contributed by atoms with Gasteiger partial charge in [0.1, 0.15) is 18.3 Å². The van der Waals surface area contributed by atoms with Gasteiger partial charge < -0.3 is 105 Å². The van der Waals surface area contributed by atoms with Gasteiger partial charge in [0.15, 0.2) is 64.0 Å². The lowest BCUT2D eigenvalue weighted by atomic mass is 9.75. The fraction of sp³-hybridized carbons (Fsp3) is 0.220. The molecule has 27 heteroatoms. The molecule has 4 heterocycles. The number of hydrogen-bond donors (Lipinski definition) is 14. The average Bonchev–Trinajstić information content (AvgIpc) is 3.60. The highest BCUT2D eigenvalue weighted by Crippen LogP contribution is 2.60. The molecule has 4 aromatic rings. The molecule has 4 aliphatic heterocycles. The second-order valence-electron chi connectivity index (χ2n) is 15.5. The summed E-state index contributed by atoms with van der Waals surface area (Å²) in [6.07, 6.45) is -12.2. The summed E-state index contributed by atoms with van der Waals surface area (Å²) in [4.78, 5) is 84.3. The Kier molecular flexibility index (Phi) is 9.64. The van der Waals surface area contributed by atoms with Crippen LogP contribution in [0.5, 0.6) is 69.0 Å². The van der Waals surface area contributed by atoms with E-state index in [1.165, 1.54) is 0 Å². The van der Waals surface area contributed by atoms with Gasteiger partial charge in [0.05, 0.1) is 28.2 Å². The van der Waals surface area contributed by atoms with Crippen molar-refractivity contribution in [1.82, 2.24) is 0 Å². The second-order valence-corrected chi connectivity index (χ2v) is 15.5. The molecule has 0 amide bonds. The van der Waals surface area contributed by atoms with Crippen molar-refractivity contribution in [1.29, 1.82) is 0 Å². The Labute approximate surface area is 373 Å². The number of fused-ring (bicyclic) bond motifs is 4. The van der Waals surface area contributed by atoms with E-state index < -0.39 is 204 Å². The Morgan fingerprint density at radius 2 is 1.10 bits per heavy atom. The van der Waals surface area contributed by atoms with E-state index in [0.29, 0.717) is 30.3 Å². The van der Waals surface area contributed by atoms with Gasteiger partial charge in [-0.3, -0.25) is 4.79 Å². The first kappa shape index (κ1) is 44.3. The first-order valence-electron chi connectivity index (χ1n) is 19.1. The number of phenolic OH excluding ortho intramolecular Hbond substituents is 11. The number of aliphatic hydroxyl groups is 3. The van der Waals surface area contributed by atoms with E-state index in [-0.39, 0.29) is 6.08 Å². The lowest BCUT2D eigenvalue weighted by Gasteiger charge is -2.45.